The van der Waals surface area contributed by atoms with Crippen molar-refractivity contribution in [3.05, 3.63) is 64.3 Å². The fraction of sp³-hybridized carbons (Fsp3) is 0.450. The number of hydrogen-bond acceptors (Lipinski definition) is 4. The summed E-state index contributed by atoms with van der Waals surface area (Å²) in [7, 11) is 0. The minimum absolute atomic E-state index is 0.0246. The van der Waals surface area contributed by atoms with Gasteiger partial charge in [-0.1, -0.05) is 12.1 Å². The topological polar surface area (TPSA) is 37.7 Å². The Morgan fingerprint density at radius 2 is 2.08 bits per heavy atom. The summed E-state index contributed by atoms with van der Waals surface area (Å²) in [6.45, 7) is 5.04. The van der Waals surface area contributed by atoms with Crippen molar-refractivity contribution in [3.8, 4) is 0 Å². The fourth-order valence-electron chi connectivity index (χ4n) is 4.02. The molecule has 26 heavy (non-hydrogen) atoms. The van der Waals surface area contributed by atoms with Crippen molar-refractivity contribution in [1.82, 2.24) is 4.68 Å². The molecule has 1 unspecified atom stereocenters. The van der Waals surface area contributed by atoms with Crippen LogP contribution in [-0.2, 0) is 4.74 Å². The number of nitrogens with zero attached hydrogens (tertiary/aromatic N) is 3. The predicted molar refractivity (Wildman–Crippen MR) is 99.8 cm³/mol. The lowest BCUT2D eigenvalue weighted by Gasteiger charge is -2.35. The first-order valence-corrected chi connectivity index (χ1v) is 9.23. The Morgan fingerprint density at radius 1 is 1.19 bits per heavy atom. The lowest BCUT2D eigenvalue weighted by Crippen LogP contribution is -2.45. The zero-order valence-corrected chi connectivity index (χ0v) is 15.0. The average molecular weight is 357 g/mol. The van der Waals surface area contributed by atoms with Crippen molar-refractivity contribution >= 4 is 5.69 Å². The molecule has 2 saturated heterocycles. The van der Waals surface area contributed by atoms with Gasteiger partial charge in [-0.3, -0.25) is 4.79 Å². The third kappa shape index (κ3) is 3.21. The van der Waals surface area contributed by atoms with E-state index in [4.69, 9.17) is 4.74 Å². The van der Waals surface area contributed by atoms with Crippen molar-refractivity contribution in [3.63, 3.8) is 0 Å². The minimum atomic E-state index is -0.238. The maximum Gasteiger partial charge on any atom is 0.271 e. The monoisotopic (exact) mass is 357 g/mol. The second-order valence-corrected chi connectivity index (χ2v) is 7.06. The Morgan fingerprint density at radius 3 is 2.85 bits per heavy atom. The third-order valence-corrected chi connectivity index (χ3v) is 5.32. The summed E-state index contributed by atoms with van der Waals surface area (Å²) in [6, 6.07) is 10.6. The van der Waals surface area contributed by atoms with E-state index in [1.54, 1.807) is 22.9 Å². The predicted octanol–water partition coefficient (Wildman–Crippen LogP) is 2.69. The lowest BCUT2D eigenvalue weighted by molar-refractivity contribution is 0.0989. The Hall–Kier alpha value is -2.34. The molecule has 0 radical (unpaired) electrons. The number of anilines is 1. The normalized spacial score (nSPS) is 23.5. The van der Waals surface area contributed by atoms with Crippen molar-refractivity contribution < 1.29 is 9.13 Å². The average Bonchev–Trinajstić information content (AvgIpc) is 3.11. The number of ether oxygens (including phenoxy) is 1. The Kier molecular flexibility index (Phi) is 4.68. The van der Waals surface area contributed by atoms with Gasteiger partial charge < -0.3 is 14.6 Å². The number of hydrogen-bond donors (Lipinski definition) is 0. The molecule has 2 aliphatic rings. The molecule has 4 rings (SSSR count). The number of rotatable bonds is 3. The summed E-state index contributed by atoms with van der Waals surface area (Å²) < 4.78 is 20.8. The first-order chi connectivity index (χ1) is 12.6. The van der Waals surface area contributed by atoms with Gasteiger partial charge in [0.15, 0.2) is 0 Å². The molecular formula is C20H24FN3O2. The molecule has 1 aromatic heterocycles. The number of benzene rings is 1. The molecule has 1 aromatic carbocycles. The highest BCUT2D eigenvalue weighted by Crippen LogP contribution is 2.30. The molecule has 2 fully saturated rings. The second-order valence-electron chi connectivity index (χ2n) is 7.06. The number of halogens is 1. The largest absolute Gasteiger partial charge is 0.377 e. The Balaban J connectivity index is 1.62. The van der Waals surface area contributed by atoms with E-state index >= 15 is 0 Å². The second kappa shape index (κ2) is 7.11. The highest BCUT2D eigenvalue weighted by atomic mass is 19.1. The van der Waals surface area contributed by atoms with Crippen LogP contribution < -0.4 is 15.5 Å². The molecule has 0 bridgehead atoms. The summed E-state index contributed by atoms with van der Waals surface area (Å²) in [6.07, 6.45) is 3.74. The quantitative estimate of drug-likeness (QED) is 0.847. The highest BCUT2D eigenvalue weighted by Gasteiger charge is 2.28. The zero-order valence-electron chi connectivity index (χ0n) is 15.0. The molecule has 3 heterocycles. The van der Waals surface area contributed by atoms with E-state index in [2.05, 4.69) is 11.8 Å². The molecule has 5 nitrogen and oxygen atoms in total. The summed E-state index contributed by atoms with van der Waals surface area (Å²) in [5.74, 6) is -0.238. The van der Waals surface area contributed by atoms with Crippen LogP contribution in [0.15, 0.2) is 47.4 Å². The fourth-order valence-corrected chi connectivity index (χ4v) is 4.02. The summed E-state index contributed by atoms with van der Waals surface area (Å²) in [5.41, 5.74) is 1.80. The van der Waals surface area contributed by atoms with E-state index in [1.807, 2.05) is 23.3 Å². The van der Waals surface area contributed by atoms with E-state index in [-0.39, 0.29) is 23.5 Å². The smallest absolute Gasteiger partial charge is 0.271 e. The first-order valence-electron chi connectivity index (χ1n) is 9.23. The molecule has 6 heteroatoms. The van der Waals surface area contributed by atoms with Crippen LogP contribution in [0.3, 0.4) is 0 Å². The Bertz CT molecular complexity index is 838. The van der Waals surface area contributed by atoms with Crippen LogP contribution in [0, 0.1) is 5.82 Å². The van der Waals surface area contributed by atoms with Crippen molar-refractivity contribution in [2.45, 2.75) is 31.8 Å². The lowest BCUT2D eigenvalue weighted by atomic mass is 10.1. The molecule has 2 atom stereocenters. The van der Waals surface area contributed by atoms with Gasteiger partial charge in [0.1, 0.15) is 5.82 Å². The van der Waals surface area contributed by atoms with Gasteiger partial charge in [-0.05, 0) is 43.5 Å². The van der Waals surface area contributed by atoms with Gasteiger partial charge in [-0.15, -0.1) is 0 Å². The summed E-state index contributed by atoms with van der Waals surface area (Å²) >= 11 is 0. The van der Waals surface area contributed by atoms with E-state index in [1.165, 1.54) is 6.07 Å². The van der Waals surface area contributed by atoms with Gasteiger partial charge in [-0.25, -0.2) is 9.07 Å². The van der Waals surface area contributed by atoms with E-state index in [0.29, 0.717) is 13.2 Å². The van der Waals surface area contributed by atoms with E-state index in [0.717, 1.165) is 37.2 Å². The maximum atomic E-state index is 13.6. The van der Waals surface area contributed by atoms with E-state index in [9.17, 15) is 9.18 Å². The zero-order chi connectivity index (χ0) is 18.1. The van der Waals surface area contributed by atoms with Gasteiger partial charge in [0.2, 0.25) is 0 Å². The van der Waals surface area contributed by atoms with Crippen LogP contribution >= 0.6 is 0 Å². The van der Waals surface area contributed by atoms with Crippen molar-refractivity contribution in [2.24, 2.45) is 0 Å². The van der Waals surface area contributed by atoms with Gasteiger partial charge in [0.25, 0.3) is 5.56 Å². The molecular weight excluding hydrogens is 333 g/mol. The molecule has 138 valence electrons. The van der Waals surface area contributed by atoms with Crippen LogP contribution in [0.4, 0.5) is 10.1 Å². The minimum Gasteiger partial charge on any atom is -0.377 e. The van der Waals surface area contributed by atoms with Gasteiger partial charge >= 0.3 is 0 Å². The van der Waals surface area contributed by atoms with Crippen molar-refractivity contribution in [1.29, 1.82) is 0 Å². The molecule has 0 amide bonds. The molecule has 2 aromatic rings. The van der Waals surface area contributed by atoms with Crippen LogP contribution in [-0.4, -0.2) is 37.0 Å². The van der Waals surface area contributed by atoms with Crippen LogP contribution in [0.5, 0.6) is 0 Å². The highest BCUT2D eigenvalue weighted by molar-refractivity contribution is 5.46. The standard InChI is InChI=1S/C20H24FN3O2/c1-15-14-26-11-10-22(15)18-7-9-24(20(25)13-18)23-8-3-6-19(23)16-4-2-5-17(21)12-16/h2,4-5,7,9,12-13,15,19H,3,6,8,10-11,14H2,1H3/t15-,19?/m1/s1. The van der Waals surface area contributed by atoms with Crippen molar-refractivity contribution in [2.75, 3.05) is 36.2 Å². The van der Waals surface area contributed by atoms with Crippen LogP contribution in [0.2, 0.25) is 0 Å². The summed E-state index contributed by atoms with van der Waals surface area (Å²) in [5, 5.41) is 2.05. The molecule has 0 N–H and O–H groups in total. The third-order valence-electron chi connectivity index (χ3n) is 5.32. The Labute approximate surface area is 152 Å². The van der Waals surface area contributed by atoms with Gasteiger partial charge in [-0.2, -0.15) is 0 Å². The number of morpholine rings is 1. The molecule has 0 aliphatic carbocycles. The first kappa shape index (κ1) is 17.1. The maximum absolute atomic E-state index is 13.6. The molecule has 0 spiro atoms. The van der Waals surface area contributed by atoms with Crippen LogP contribution in [0.1, 0.15) is 31.4 Å². The number of aromatic nitrogens is 1. The van der Waals surface area contributed by atoms with Crippen LogP contribution in [0.25, 0.3) is 0 Å². The van der Waals surface area contributed by atoms with E-state index < -0.39 is 0 Å². The summed E-state index contributed by atoms with van der Waals surface area (Å²) in [4.78, 5) is 15.0. The molecule has 2 aliphatic heterocycles. The molecule has 0 saturated carbocycles. The van der Waals surface area contributed by atoms with Gasteiger partial charge in [0.05, 0.1) is 19.3 Å². The SMILES string of the molecule is C[C@@H]1COCCN1c1ccn(N2CCCC2c2cccc(F)c2)c(=O)c1. The van der Waals surface area contributed by atoms with Gasteiger partial charge in [0, 0.05) is 37.1 Å². The number of pyridine rings is 1.